The van der Waals surface area contributed by atoms with E-state index in [-0.39, 0.29) is 17.2 Å². The zero-order valence-electron chi connectivity index (χ0n) is 15.6. The lowest BCUT2D eigenvalue weighted by Gasteiger charge is -2.15. The molecule has 1 amide bonds. The number of fused-ring (bicyclic) bond motifs is 1. The Balaban J connectivity index is 1.45. The van der Waals surface area contributed by atoms with E-state index in [1.165, 1.54) is 4.31 Å². The molecule has 29 heavy (non-hydrogen) atoms. The lowest BCUT2D eigenvalue weighted by molar-refractivity contribution is -0.116. The first-order valence-corrected chi connectivity index (χ1v) is 11.1. The van der Waals surface area contributed by atoms with E-state index in [0.717, 1.165) is 12.8 Å². The number of nitrogens with one attached hydrogen (secondary N) is 1. The molecule has 8 nitrogen and oxygen atoms in total. The van der Waals surface area contributed by atoms with Crippen molar-refractivity contribution in [1.82, 2.24) is 19.3 Å². The summed E-state index contributed by atoms with van der Waals surface area (Å²) in [4.78, 5) is 12.4. The quantitative estimate of drug-likeness (QED) is 0.644. The molecule has 1 aliphatic heterocycles. The minimum atomic E-state index is -3.50. The van der Waals surface area contributed by atoms with Crippen molar-refractivity contribution < 1.29 is 13.2 Å². The van der Waals surface area contributed by atoms with Crippen molar-refractivity contribution in [2.45, 2.75) is 30.7 Å². The standard InChI is InChI=1S/C19H20ClN5O3S/c20-14-3-5-15(6-4-14)21-19(26)9-12-25-18-8-7-16(13-17(18)22-23-25)29(27,28)24-10-1-2-11-24/h3-8,13H,1-2,9-12H2,(H,21,26). The predicted octanol–water partition coefficient (Wildman–Crippen LogP) is 2.90. The monoisotopic (exact) mass is 433 g/mol. The third-order valence-electron chi connectivity index (χ3n) is 4.87. The van der Waals surface area contributed by atoms with Gasteiger partial charge in [-0.2, -0.15) is 4.31 Å². The first-order valence-electron chi connectivity index (χ1n) is 9.32. The van der Waals surface area contributed by atoms with Gasteiger partial charge in [-0.05, 0) is 55.3 Å². The number of aromatic nitrogens is 3. The fourth-order valence-corrected chi connectivity index (χ4v) is 4.98. The number of hydrogen-bond donors (Lipinski definition) is 1. The van der Waals surface area contributed by atoms with Gasteiger partial charge in [-0.3, -0.25) is 4.79 Å². The van der Waals surface area contributed by atoms with E-state index in [1.807, 2.05) is 0 Å². The normalized spacial score (nSPS) is 15.1. The molecule has 0 spiro atoms. The minimum absolute atomic E-state index is 0.163. The van der Waals surface area contributed by atoms with Gasteiger partial charge in [-0.15, -0.1) is 5.10 Å². The first kappa shape index (κ1) is 19.8. The summed E-state index contributed by atoms with van der Waals surface area (Å²) in [6.45, 7) is 1.43. The van der Waals surface area contributed by atoms with Crippen LogP contribution in [0.15, 0.2) is 47.4 Å². The Labute approximate surface area is 173 Å². The zero-order chi connectivity index (χ0) is 20.4. The van der Waals surface area contributed by atoms with Crippen LogP contribution in [0.4, 0.5) is 5.69 Å². The molecule has 1 N–H and O–H groups in total. The minimum Gasteiger partial charge on any atom is -0.326 e. The lowest BCUT2D eigenvalue weighted by atomic mass is 10.3. The molecule has 0 aliphatic carbocycles. The molecule has 0 unspecified atom stereocenters. The van der Waals surface area contributed by atoms with Gasteiger partial charge in [0.05, 0.1) is 17.0 Å². The number of rotatable bonds is 6. The van der Waals surface area contributed by atoms with Crippen molar-refractivity contribution in [3.05, 3.63) is 47.5 Å². The molecule has 0 saturated carbocycles. The number of nitrogens with zero attached hydrogens (tertiary/aromatic N) is 4. The Morgan fingerprint density at radius 3 is 2.55 bits per heavy atom. The number of amides is 1. The molecule has 1 saturated heterocycles. The summed E-state index contributed by atoms with van der Waals surface area (Å²) in [7, 11) is -3.50. The summed E-state index contributed by atoms with van der Waals surface area (Å²) < 4.78 is 28.5. The highest BCUT2D eigenvalue weighted by Gasteiger charge is 2.27. The van der Waals surface area contributed by atoms with E-state index < -0.39 is 10.0 Å². The summed E-state index contributed by atoms with van der Waals surface area (Å²) in [6.07, 6.45) is 1.97. The highest BCUT2D eigenvalue weighted by atomic mass is 35.5. The molecule has 10 heteroatoms. The third kappa shape index (κ3) is 4.26. The van der Waals surface area contributed by atoms with E-state index in [1.54, 1.807) is 47.1 Å². The van der Waals surface area contributed by atoms with Gasteiger partial charge >= 0.3 is 0 Å². The van der Waals surface area contributed by atoms with Gasteiger partial charge in [-0.1, -0.05) is 16.8 Å². The Hall–Kier alpha value is -2.49. The van der Waals surface area contributed by atoms with Gasteiger partial charge < -0.3 is 5.32 Å². The molecule has 0 radical (unpaired) electrons. The Morgan fingerprint density at radius 1 is 1.10 bits per heavy atom. The van der Waals surface area contributed by atoms with Crippen molar-refractivity contribution in [3.63, 3.8) is 0 Å². The molecule has 2 heterocycles. The maximum Gasteiger partial charge on any atom is 0.243 e. The van der Waals surface area contributed by atoms with Crippen LogP contribution in [0.3, 0.4) is 0 Å². The van der Waals surface area contributed by atoms with Crippen molar-refractivity contribution >= 4 is 44.3 Å². The van der Waals surface area contributed by atoms with Crippen molar-refractivity contribution in [2.24, 2.45) is 0 Å². The molecule has 2 aromatic carbocycles. The SMILES string of the molecule is O=C(CCn1nnc2cc(S(=O)(=O)N3CCCC3)ccc21)Nc1ccc(Cl)cc1. The zero-order valence-corrected chi connectivity index (χ0v) is 17.2. The van der Waals surface area contributed by atoms with Crippen molar-refractivity contribution in [1.29, 1.82) is 0 Å². The average molecular weight is 434 g/mol. The number of aryl methyl sites for hydroxylation is 1. The summed E-state index contributed by atoms with van der Waals surface area (Å²) in [6, 6.07) is 11.7. The van der Waals surface area contributed by atoms with Crippen LogP contribution in [0, 0.1) is 0 Å². The van der Waals surface area contributed by atoms with E-state index in [9.17, 15) is 13.2 Å². The van der Waals surface area contributed by atoms with E-state index in [4.69, 9.17) is 11.6 Å². The molecule has 1 aromatic heterocycles. The Bertz CT molecular complexity index is 1140. The second kappa shape index (κ2) is 8.10. The van der Waals surface area contributed by atoms with Crippen LogP contribution in [0.5, 0.6) is 0 Å². The number of sulfonamides is 1. The summed E-state index contributed by atoms with van der Waals surface area (Å²) >= 11 is 5.84. The smallest absolute Gasteiger partial charge is 0.243 e. The number of anilines is 1. The van der Waals surface area contributed by atoms with Crippen LogP contribution in [0.1, 0.15) is 19.3 Å². The van der Waals surface area contributed by atoms with Gasteiger partial charge in [0.2, 0.25) is 15.9 Å². The lowest BCUT2D eigenvalue weighted by Crippen LogP contribution is -2.27. The molecule has 0 atom stereocenters. The number of carbonyl (C=O) groups is 1. The number of halogens is 1. The largest absolute Gasteiger partial charge is 0.326 e. The highest BCUT2D eigenvalue weighted by Crippen LogP contribution is 2.23. The fraction of sp³-hybridized carbons (Fsp3) is 0.316. The molecular formula is C19H20ClN5O3S. The van der Waals surface area contributed by atoms with Gasteiger partial charge in [0, 0.05) is 30.2 Å². The van der Waals surface area contributed by atoms with Crippen LogP contribution in [-0.4, -0.2) is 46.7 Å². The summed E-state index contributed by atoms with van der Waals surface area (Å²) in [5.74, 6) is -0.163. The van der Waals surface area contributed by atoms with Gasteiger partial charge in [0.1, 0.15) is 5.52 Å². The van der Waals surface area contributed by atoms with Crippen LogP contribution >= 0.6 is 11.6 Å². The molecule has 1 fully saturated rings. The fourth-order valence-electron chi connectivity index (χ4n) is 3.32. The maximum atomic E-state index is 12.7. The third-order valence-corrected chi connectivity index (χ3v) is 7.01. The van der Waals surface area contributed by atoms with E-state index in [0.29, 0.717) is 41.4 Å². The molecule has 0 bridgehead atoms. The van der Waals surface area contributed by atoms with Crippen LogP contribution in [0.2, 0.25) is 5.02 Å². The second-order valence-corrected chi connectivity index (χ2v) is 9.25. The Kier molecular flexibility index (Phi) is 5.53. The Morgan fingerprint density at radius 2 is 1.83 bits per heavy atom. The molecule has 152 valence electrons. The van der Waals surface area contributed by atoms with Crippen LogP contribution in [0.25, 0.3) is 11.0 Å². The van der Waals surface area contributed by atoms with Gasteiger partial charge in [0.25, 0.3) is 0 Å². The van der Waals surface area contributed by atoms with E-state index in [2.05, 4.69) is 15.6 Å². The predicted molar refractivity (Wildman–Crippen MR) is 110 cm³/mol. The number of benzene rings is 2. The molecule has 1 aliphatic rings. The summed E-state index contributed by atoms with van der Waals surface area (Å²) in [5.41, 5.74) is 1.84. The van der Waals surface area contributed by atoms with Crippen LogP contribution < -0.4 is 5.32 Å². The first-order chi connectivity index (χ1) is 13.9. The van der Waals surface area contributed by atoms with Crippen molar-refractivity contribution in [2.75, 3.05) is 18.4 Å². The molecular weight excluding hydrogens is 414 g/mol. The topological polar surface area (TPSA) is 97.2 Å². The highest BCUT2D eigenvalue weighted by molar-refractivity contribution is 7.89. The number of carbonyl (C=O) groups excluding carboxylic acids is 1. The van der Waals surface area contributed by atoms with Gasteiger partial charge in [-0.25, -0.2) is 13.1 Å². The van der Waals surface area contributed by atoms with E-state index >= 15 is 0 Å². The van der Waals surface area contributed by atoms with Gasteiger partial charge in [0.15, 0.2) is 0 Å². The number of hydrogen-bond acceptors (Lipinski definition) is 5. The van der Waals surface area contributed by atoms with Crippen LogP contribution in [-0.2, 0) is 21.4 Å². The molecule has 4 rings (SSSR count). The van der Waals surface area contributed by atoms with Crippen molar-refractivity contribution in [3.8, 4) is 0 Å². The second-order valence-electron chi connectivity index (χ2n) is 6.88. The molecule has 3 aromatic rings. The average Bonchev–Trinajstić information content (AvgIpc) is 3.38. The maximum absolute atomic E-state index is 12.7. The summed E-state index contributed by atoms with van der Waals surface area (Å²) in [5, 5.41) is 11.5.